The Morgan fingerprint density at radius 1 is 1.29 bits per heavy atom. The van der Waals surface area contributed by atoms with Gasteiger partial charge in [0, 0.05) is 37.1 Å². The standard InChI is InChI=1S/C27H31N7O/c1-18(2)10-13-34-25-24(22(14-28)26(34)32-12-5-7-20(29)15-32)31-17-33(27(25)35)16-23-21-8-4-3-6-19(21)9-11-30-23/h6,8-11,17,20H,3-5,7,12-13,15-16,29H2,1-2H3/t20-/m0/s1. The SMILES string of the molecule is CC(C)=CCn1c(N2CCC[C@H](N)C2)c(C#N)c2ncn(Cc3nccc4c3=CCCC=4)c(=O)c21. The molecule has 1 atom stereocenters. The van der Waals surface area contributed by atoms with E-state index in [9.17, 15) is 10.1 Å². The fourth-order valence-electron chi connectivity index (χ4n) is 5.15. The lowest BCUT2D eigenvalue weighted by Crippen LogP contribution is -2.44. The van der Waals surface area contributed by atoms with Crippen LogP contribution in [0.4, 0.5) is 5.82 Å². The summed E-state index contributed by atoms with van der Waals surface area (Å²) < 4.78 is 3.57. The van der Waals surface area contributed by atoms with Gasteiger partial charge in [0.1, 0.15) is 28.5 Å². The Kier molecular flexibility index (Phi) is 6.27. The molecule has 0 amide bonds. The number of nitriles is 1. The summed E-state index contributed by atoms with van der Waals surface area (Å²) in [6.45, 7) is 6.33. The van der Waals surface area contributed by atoms with Crippen molar-refractivity contribution in [3.05, 3.63) is 62.3 Å². The molecule has 0 spiro atoms. The van der Waals surface area contributed by atoms with Gasteiger partial charge in [-0.2, -0.15) is 5.26 Å². The van der Waals surface area contributed by atoms with Gasteiger partial charge in [0.25, 0.3) is 5.56 Å². The number of hydrogen-bond donors (Lipinski definition) is 1. The van der Waals surface area contributed by atoms with Gasteiger partial charge in [0.15, 0.2) is 0 Å². The van der Waals surface area contributed by atoms with Crippen LogP contribution in [0.15, 0.2) is 35.0 Å². The summed E-state index contributed by atoms with van der Waals surface area (Å²) in [4.78, 5) is 25.2. The van der Waals surface area contributed by atoms with Gasteiger partial charge >= 0.3 is 0 Å². The molecule has 0 radical (unpaired) electrons. The zero-order valence-corrected chi connectivity index (χ0v) is 20.4. The number of aromatic nitrogens is 4. The van der Waals surface area contributed by atoms with E-state index in [-0.39, 0.29) is 11.6 Å². The Bertz CT molecular complexity index is 1530. The third-order valence-corrected chi connectivity index (χ3v) is 6.86. The molecular formula is C27H31N7O. The fourth-order valence-corrected chi connectivity index (χ4v) is 5.15. The van der Waals surface area contributed by atoms with Crippen LogP contribution in [-0.4, -0.2) is 38.2 Å². The van der Waals surface area contributed by atoms with E-state index in [2.05, 4.69) is 39.2 Å². The van der Waals surface area contributed by atoms with Gasteiger partial charge in [-0.1, -0.05) is 23.8 Å². The topological polar surface area (TPSA) is 106 Å². The number of piperidine rings is 1. The monoisotopic (exact) mass is 469 g/mol. The first kappa shape index (κ1) is 23.1. The van der Waals surface area contributed by atoms with Gasteiger partial charge in [-0.05, 0) is 50.8 Å². The number of nitrogens with two attached hydrogens (primary N) is 1. The zero-order chi connectivity index (χ0) is 24.5. The van der Waals surface area contributed by atoms with E-state index in [0.29, 0.717) is 36.2 Å². The molecule has 2 aliphatic rings. The molecule has 180 valence electrons. The highest BCUT2D eigenvalue weighted by atomic mass is 16.1. The van der Waals surface area contributed by atoms with Gasteiger partial charge in [-0.3, -0.25) is 14.3 Å². The Hall–Kier alpha value is -3.70. The van der Waals surface area contributed by atoms with Crippen molar-refractivity contribution in [1.29, 1.82) is 5.26 Å². The maximum atomic E-state index is 13.9. The summed E-state index contributed by atoms with van der Waals surface area (Å²) in [5.74, 6) is 0.746. The van der Waals surface area contributed by atoms with Crippen molar-refractivity contribution in [2.24, 2.45) is 5.73 Å². The molecule has 1 fully saturated rings. The summed E-state index contributed by atoms with van der Waals surface area (Å²) >= 11 is 0. The minimum atomic E-state index is -0.166. The Morgan fingerprint density at radius 2 is 2.11 bits per heavy atom. The van der Waals surface area contributed by atoms with E-state index in [0.717, 1.165) is 59.8 Å². The van der Waals surface area contributed by atoms with E-state index >= 15 is 0 Å². The number of nitrogens with zero attached hydrogens (tertiary/aromatic N) is 6. The van der Waals surface area contributed by atoms with Crippen molar-refractivity contribution in [2.75, 3.05) is 18.0 Å². The van der Waals surface area contributed by atoms with E-state index in [1.54, 1.807) is 17.1 Å². The second kappa shape index (κ2) is 9.51. The fraction of sp³-hybridized carbons (Fsp3) is 0.407. The number of pyridine rings is 1. The molecule has 3 aromatic heterocycles. The van der Waals surface area contributed by atoms with Crippen LogP contribution >= 0.6 is 0 Å². The Labute approximate surface area is 204 Å². The van der Waals surface area contributed by atoms with Gasteiger partial charge in [-0.15, -0.1) is 0 Å². The molecule has 1 saturated heterocycles. The lowest BCUT2D eigenvalue weighted by atomic mass is 10.1. The smallest absolute Gasteiger partial charge is 0.278 e. The molecule has 5 rings (SSSR count). The first-order valence-electron chi connectivity index (χ1n) is 12.3. The molecule has 2 N–H and O–H groups in total. The normalized spacial score (nSPS) is 17.3. The van der Waals surface area contributed by atoms with E-state index < -0.39 is 0 Å². The Morgan fingerprint density at radius 3 is 2.89 bits per heavy atom. The van der Waals surface area contributed by atoms with Crippen LogP contribution in [0.25, 0.3) is 23.2 Å². The first-order chi connectivity index (χ1) is 17.0. The maximum absolute atomic E-state index is 13.9. The summed E-state index contributed by atoms with van der Waals surface area (Å²) in [7, 11) is 0. The summed E-state index contributed by atoms with van der Waals surface area (Å²) in [6.07, 6.45) is 13.7. The van der Waals surface area contributed by atoms with E-state index in [1.807, 2.05) is 24.5 Å². The van der Waals surface area contributed by atoms with Gasteiger partial charge in [0.05, 0.1) is 18.6 Å². The minimum Gasteiger partial charge on any atom is -0.355 e. The highest BCUT2D eigenvalue weighted by Crippen LogP contribution is 2.31. The highest BCUT2D eigenvalue weighted by molar-refractivity contribution is 5.89. The maximum Gasteiger partial charge on any atom is 0.278 e. The van der Waals surface area contributed by atoms with Crippen LogP contribution in [-0.2, 0) is 13.1 Å². The third-order valence-electron chi connectivity index (χ3n) is 6.86. The van der Waals surface area contributed by atoms with Crippen molar-refractivity contribution < 1.29 is 0 Å². The molecule has 3 aromatic rings. The first-order valence-corrected chi connectivity index (χ1v) is 12.3. The molecule has 1 aliphatic carbocycles. The van der Waals surface area contributed by atoms with Crippen LogP contribution in [0.2, 0.25) is 0 Å². The Balaban J connectivity index is 1.70. The van der Waals surface area contributed by atoms with Crippen molar-refractivity contribution in [3.8, 4) is 6.07 Å². The van der Waals surface area contributed by atoms with Crippen molar-refractivity contribution in [1.82, 2.24) is 19.1 Å². The molecule has 8 heteroatoms. The third kappa shape index (κ3) is 4.28. The molecule has 0 unspecified atom stereocenters. The van der Waals surface area contributed by atoms with Crippen molar-refractivity contribution in [3.63, 3.8) is 0 Å². The van der Waals surface area contributed by atoms with Crippen LogP contribution in [0.3, 0.4) is 0 Å². The van der Waals surface area contributed by atoms with Crippen molar-refractivity contribution in [2.45, 2.75) is 58.7 Å². The molecule has 0 bridgehead atoms. The van der Waals surface area contributed by atoms with E-state index in [1.165, 1.54) is 0 Å². The number of anilines is 1. The summed E-state index contributed by atoms with van der Waals surface area (Å²) in [6, 6.07) is 4.39. The number of allylic oxidation sites excluding steroid dienone is 2. The molecule has 1 aliphatic heterocycles. The molecule has 8 nitrogen and oxygen atoms in total. The molecule has 4 heterocycles. The van der Waals surface area contributed by atoms with Crippen LogP contribution in [0.5, 0.6) is 0 Å². The predicted molar refractivity (Wildman–Crippen MR) is 138 cm³/mol. The largest absolute Gasteiger partial charge is 0.355 e. The molecular weight excluding hydrogens is 438 g/mol. The average Bonchev–Trinajstić information content (AvgIpc) is 3.18. The van der Waals surface area contributed by atoms with Gasteiger partial charge in [-0.25, -0.2) is 4.98 Å². The van der Waals surface area contributed by atoms with Gasteiger partial charge < -0.3 is 15.2 Å². The van der Waals surface area contributed by atoms with Crippen molar-refractivity contribution >= 4 is 29.0 Å². The summed E-state index contributed by atoms with van der Waals surface area (Å²) in [5, 5.41) is 12.4. The lowest BCUT2D eigenvalue weighted by Gasteiger charge is -2.33. The molecule has 0 aromatic carbocycles. The van der Waals surface area contributed by atoms with Crippen LogP contribution < -0.4 is 26.6 Å². The van der Waals surface area contributed by atoms with Crippen LogP contribution in [0, 0.1) is 11.3 Å². The molecule has 35 heavy (non-hydrogen) atoms. The average molecular weight is 470 g/mol. The van der Waals surface area contributed by atoms with Crippen LogP contribution in [0.1, 0.15) is 50.8 Å². The zero-order valence-electron chi connectivity index (χ0n) is 20.4. The second-order valence-electron chi connectivity index (χ2n) is 9.67. The highest BCUT2D eigenvalue weighted by Gasteiger charge is 2.28. The number of fused-ring (bicyclic) bond motifs is 2. The summed E-state index contributed by atoms with van der Waals surface area (Å²) in [5.41, 5.74) is 9.45. The van der Waals surface area contributed by atoms with E-state index in [4.69, 9.17) is 5.73 Å². The second-order valence-corrected chi connectivity index (χ2v) is 9.67. The minimum absolute atomic E-state index is 0.0400. The lowest BCUT2D eigenvalue weighted by molar-refractivity contribution is 0.498. The number of rotatable bonds is 5. The number of hydrogen-bond acceptors (Lipinski definition) is 6. The quantitative estimate of drug-likeness (QED) is 0.571. The van der Waals surface area contributed by atoms with Gasteiger partial charge in [0.2, 0.25) is 0 Å². The molecule has 0 saturated carbocycles. The predicted octanol–water partition coefficient (Wildman–Crippen LogP) is 1.76.